The van der Waals surface area contributed by atoms with Gasteiger partial charge in [-0.05, 0) is 53.7 Å². The molecule has 0 aromatic rings. The van der Waals surface area contributed by atoms with Gasteiger partial charge in [0, 0.05) is 11.0 Å². The Kier molecular flexibility index (Phi) is 7.01. The summed E-state index contributed by atoms with van der Waals surface area (Å²) in [6.07, 6.45) is 1.25. The van der Waals surface area contributed by atoms with Gasteiger partial charge in [-0.1, -0.05) is 0 Å². The van der Waals surface area contributed by atoms with Crippen molar-refractivity contribution in [3.63, 3.8) is 0 Å². The Balaban J connectivity index is 3.35. The largest absolute Gasteiger partial charge is 0.465 e. The van der Waals surface area contributed by atoms with Gasteiger partial charge in [-0.25, -0.2) is 14.4 Å². The highest BCUT2D eigenvalue weighted by Crippen LogP contribution is 2.24. The third kappa shape index (κ3) is 7.09. The van der Waals surface area contributed by atoms with Crippen molar-refractivity contribution in [3.8, 4) is 0 Å². The highest BCUT2D eigenvalue weighted by Gasteiger charge is 2.50. The van der Waals surface area contributed by atoms with Gasteiger partial charge in [-0.2, -0.15) is 0 Å². The summed E-state index contributed by atoms with van der Waals surface area (Å²) in [5.74, 6) is -0.809. The molecule has 0 saturated heterocycles. The molecule has 0 spiro atoms. The van der Waals surface area contributed by atoms with Gasteiger partial charge in [0.1, 0.15) is 11.2 Å². The zero-order chi connectivity index (χ0) is 22.6. The number of nitro groups is 1. The molecule has 1 atom stereocenters. The number of carbonyl (C=O) groups is 3. The van der Waals surface area contributed by atoms with E-state index in [1.807, 2.05) is 0 Å². The van der Waals surface area contributed by atoms with Crippen molar-refractivity contribution < 1.29 is 33.5 Å². The molecule has 11 nitrogen and oxygen atoms in total. The van der Waals surface area contributed by atoms with Crippen LogP contribution in [0.1, 0.15) is 41.5 Å². The summed E-state index contributed by atoms with van der Waals surface area (Å²) in [4.78, 5) is 47.5. The molecule has 29 heavy (non-hydrogen) atoms. The molecule has 2 N–H and O–H groups in total. The molecule has 1 aliphatic carbocycles. The van der Waals surface area contributed by atoms with Crippen LogP contribution in [0.25, 0.3) is 0 Å². The molecule has 1 rings (SSSR count). The molecular weight excluding hydrogens is 386 g/mol. The Morgan fingerprint density at radius 3 is 1.83 bits per heavy atom. The number of nitrogens with zero attached hydrogens (tertiary/aromatic N) is 1. The van der Waals surface area contributed by atoms with E-state index in [1.54, 1.807) is 41.5 Å². The number of esters is 1. The minimum Gasteiger partial charge on any atom is -0.465 e. The van der Waals surface area contributed by atoms with Crippen LogP contribution in [0.3, 0.4) is 0 Å². The van der Waals surface area contributed by atoms with Gasteiger partial charge in [0.25, 0.3) is 6.04 Å². The first-order valence-electron chi connectivity index (χ1n) is 8.74. The Morgan fingerprint density at radius 2 is 1.48 bits per heavy atom. The maximum Gasteiger partial charge on any atom is 0.409 e. The lowest BCUT2D eigenvalue weighted by molar-refractivity contribution is -0.520. The quantitative estimate of drug-likeness (QED) is 0.234. The number of ether oxygens (including phenoxy) is 3. The number of amides is 2. The summed E-state index contributed by atoms with van der Waals surface area (Å²) in [5.41, 5.74) is -3.95. The highest BCUT2D eigenvalue weighted by atomic mass is 16.6. The van der Waals surface area contributed by atoms with Crippen LogP contribution in [-0.4, -0.2) is 53.1 Å². The third-order valence-electron chi connectivity index (χ3n) is 3.39. The summed E-state index contributed by atoms with van der Waals surface area (Å²) in [6, 6.07) is -1.75. The van der Waals surface area contributed by atoms with Crippen LogP contribution < -0.4 is 10.6 Å². The molecule has 0 aromatic carbocycles. The molecule has 1 aliphatic rings. The first-order chi connectivity index (χ1) is 13.1. The molecule has 0 heterocycles. The number of carbonyl (C=O) groups excluding carboxylic acids is 3. The maximum atomic E-state index is 12.3. The molecule has 162 valence electrons. The lowest BCUT2D eigenvalue weighted by Gasteiger charge is -2.36. The fourth-order valence-electron chi connectivity index (χ4n) is 2.37. The van der Waals surface area contributed by atoms with E-state index in [4.69, 9.17) is 9.47 Å². The average molecular weight is 413 g/mol. The highest BCUT2D eigenvalue weighted by molar-refractivity contribution is 5.92. The number of hydrogen-bond acceptors (Lipinski definition) is 8. The Labute approximate surface area is 168 Å². The van der Waals surface area contributed by atoms with E-state index in [1.165, 1.54) is 6.08 Å². The second kappa shape index (κ2) is 8.50. The van der Waals surface area contributed by atoms with Crippen LogP contribution in [0.2, 0.25) is 0 Å². The van der Waals surface area contributed by atoms with E-state index < -0.39 is 46.0 Å². The molecule has 0 radical (unpaired) electrons. The number of hydrogen-bond donors (Lipinski definition) is 2. The van der Waals surface area contributed by atoms with Gasteiger partial charge < -0.3 is 14.2 Å². The minimum absolute atomic E-state index is 0.109. The van der Waals surface area contributed by atoms with Crippen molar-refractivity contribution in [2.75, 3.05) is 7.11 Å². The van der Waals surface area contributed by atoms with Crippen LogP contribution in [0.5, 0.6) is 0 Å². The van der Waals surface area contributed by atoms with Crippen molar-refractivity contribution in [1.82, 2.24) is 10.6 Å². The third-order valence-corrected chi connectivity index (χ3v) is 3.39. The Bertz CT molecular complexity index is 713. The zero-order valence-electron chi connectivity index (χ0n) is 17.5. The molecule has 0 aromatic heterocycles. The van der Waals surface area contributed by atoms with E-state index in [2.05, 4.69) is 15.4 Å². The summed E-state index contributed by atoms with van der Waals surface area (Å²) in [5, 5.41) is 16.4. The smallest absolute Gasteiger partial charge is 0.409 e. The number of nitrogens with one attached hydrogen (secondary N) is 2. The minimum atomic E-state index is -2.05. The van der Waals surface area contributed by atoms with Crippen molar-refractivity contribution in [2.45, 2.75) is 64.4 Å². The average Bonchev–Trinajstić information content (AvgIpc) is 2.50. The lowest BCUT2D eigenvalue weighted by Crippen LogP contribution is -2.68. The fourth-order valence-corrected chi connectivity index (χ4v) is 2.37. The molecule has 0 fully saturated rings. The molecule has 1 unspecified atom stereocenters. The van der Waals surface area contributed by atoms with Gasteiger partial charge in [0.2, 0.25) is 5.66 Å². The Morgan fingerprint density at radius 1 is 1.03 bits per heavy atom. The second-order valence-electron chi connectivity index (χ2n) is 8.30. The molecule has 0 bridgehead atoms. The number of rotatable bonds is 4. The van der Waals surface area contributed by atoms with Gasteiger partial charge in [-0.3, -0.25) is 20.7 Å². The van der Waals surface area contributed by atoms with Crippen LogP contribution in [-0.2, 0) is 19.0 Å². The summed E-state index contributed by atoms with van der Waals surface area (Å²) < 4.78 is 14.9. The summed E-state index contributed by atoms with van der Waals surface area (Å²) in [7, 11) is 1.12. The second-order valence-corrected chi connectivity index (χ2v) is 8.30. The van der Waals surface area contributed by atoms with Crippen molar-refractivity contribution in [2.24, 2.45) is 0 Å². The topological polar surface area (TPSA) is 146 Å². The number of methoxy groups -OCH3 is 1. The van der Waals surface area contributed by atoms with E-state index in [-0.39, 0.29) is 5.57 Å². The molecule has 0 aliphatic heterocycles. The SMILES string of the molecule is COC(=O)C1=CC([N+](=O)[O-])C(NC(=O)OC(C)(C)C)(NC(=O)OC(C)(C)C)C=C1. The van der Waals surface area contributed by atoms with E-state index >= 15 is 0 Å². The van der Waals surface area contributed by atoms with E-state index in [0.717, 1.165) is 19.3 Å². The van der Waals surface area contributed by atoms with E-state index in [0.29, 0.717) is 0 Å². The van der Waals surface area contributed by atoms with Gasteiger partial charge >= 0.3 is 18.2 Å². The molecule has 2 amide bonds. The van der Waals surface area contributed by atoms with Gasteiger partial charge in [0.15, 0.2) is 0 Å². The van der Waals surface area contributed by atoms with Gasteiger partial charge in [0.05, 0.1) is 12.7 Å². The summed E-state index contributed by atoms with van der Waals surface area (Å²) in [6.45, 7) is 9.65. The van der Waals surface area contributed by atoms with Crippen LogP contribution in [0, 0.1) is 10.1 Å². The molecular formula is C18H27N3O8. The number of alkyl carbamates (subject to hydrolysis) is 2. The van der Waals surface area contributed by atoms with Crippen molar-refractivity contribution in [1.29, 1.82) is 0 Å². The van der Waals surface area contributed by atoms with Crippen LogP contribution in [0.4, 0.5) is 9.59 Å². The van der Waals surface area contributed by atoms with Crippen molar-refractivity contribution >= 4 is 18.2 Å². The monoisotopic (exact) mass is 413 g/mol. The van der Waals surface area contributed by atoms with Gasteiger partial charge in [-0.15, -0.1) is 0 Å². The standard InChI is InChI=1S/C18H27N3O8/c1-16(2,3)28-14(23)19-18(20-15(24)29-17(4,5)6)9-8-11(13(22)27-7)10-12(18)21(25)26/h8-10,12H,1-7H3,(H,19,23)(H,20,24). The molecule has 0 saturated carbocycles. The van der Waals surface area contributed by atoms with Crippen LogP contribution in [0.15, 0.2) is 23.8 Å². The fraction of sp³-hybridized carbons (Fsp3) is 0.611. The van der Waals surface area contributed by atoms with Crippen molar-refractivity contribution in [3.05, 3.63) is 33.9 Å². The Hall–Kier alpha value is -3.11. The summed E-state index contributed by atoms with van der Waals surface area (Å²) >= 11 is 0. The molecule has 11 heteroatoms. The lowest BCUT2D eigenvalue weighted by atomic mass is 9.91. The zero-order valence-corrected chi connectivity index (χ0v) is 17.5. The van der Waals surface area contributed by atoms with E-state index in [9.17, 15) is 24.5 Å². The predicted octanol–water partition coefficient (Wildman–Crippen LogP) is 2.05. The normalized spacial score (nSPS) is 18.2. The first kappa shape index (κ1) is 23.9. The predicted molar refractivity (Wildman–Crippen MR) is 101 cm³/mol. The van der Waals surface area contributed by atoms with Crippen LogP contribution >= 0.6 is 0 Å². The maximum absolute atomic E-state index is 12.3. The first-order valence-corrected chi connectivity index (χ1v) is 8.74.